The first-order chi connectivity index (χ1) is 3.84. The van der Waals surface area contributed by atoms with Gasteiger partial charge in [0.1, 0.15) is 0 Å². The Morgan fingerprint density at radius 1 is 2.00 bits per heavy atom. The Morgan fingerprint density at radius 3 is 3.00 bits per heavy atom. The van der Waals surface area contributed by atoms with E-state index in [0.29, 0.717) is 12.0 Å². The Hall–Kier alpha value is -0.300. The minimum atomic E-state index is 0.549. The molecule has 46 valence electrons. The van der Waals surface area contributed by atoms with Crippen molar-refractivity contribution >= 4 is 0 Å². The van der Waals surface area contributed by atoms with Gasteiger partial charge < -0.3 is 4.74 Å². The topological polar surface area (TPSA) is 12.5 Å². The highest BCUT2D eigenvalue weighted by Crippen LogP contribution is 2.22. The Bertz CT molecular complexity index is 84.4. The fourth-order valence-electron chi connectivity index (χ4n) is 0.799. The Kier molecular flexibility index (Phi) is 1.69. The molecule has 1 rings (SSSR count). The summed E-state index contributed by atoms with van der Waals surface area (Å²) in [4.78, 5) is 0. The molecule has 1 aliphatic heterocycles. The van der Waals surface area contributed by atoms with Gasteiger partial charge in [0.25, 0.3) is 0 Å². The van der Waals surface area contributed by atoms with Crippen molar-refractivity contribution in [2.45, 2.75) is 19.4 Å². The average molecular weight is 112 g/mol. The van der Waals surface area contributed by atoms with Gasteiger partial charge in [-0.2, -0.15) is 0 Å². The summed E-state index contributed by atoms with van der Waals surface area (Å²) in [5.41, 5.74) is 0. The third kappa shape index (κ3) is 1.34. The molecule has 2 atom stereocenters. The van der Waals surface area contributed by atoms with Crippen molar-refractivity contribution in [2.75, 3.05) is 6.61 Å². The molecule has 0 radical (unpaired) electrons. The van der Waals surface area contributed by atoms with Gasteiger partial charge in [-0.15, -0.1) is 6.58 Å². The standard InChI is InChI=1S/C7H12O/c1-3-4-6(2)7-5-8-7/h3,6-7H,1,4-5H2,2H3/t6-,7+/m1/s1. The molecule has 0 amide bonds. The Morgan fingerprint density at radius 2 is 2.62 bits per heavy atom. The van der Waals surface area contributed by atoms with Crippen LogP contribution in [0.5, 0.6) is 0 Å². The molecule has 1 nitrogen and oxygen atoms in total. The van der Waals surface area contributed by atoms with Crippen LogP contribution in [0.4, 0.5) is 0 Å². The predicted molar refractivity (Wildman–Crippen MR) is 33.7 cm³/mol. The summed E-state index contributed by atoms with van der Waals surface area (Å²) in [5, 5.41) is 0. The summed E-state index contributed by atoms with van der Waals surface area (Å²) >= 11 is 0. The zero-order chi connectivity index (χ0) is 5.98. The second kappa shape index (κ2) is 2.31. The summed E-state index contributed by atoms with van der Waals surface area (Å²) in [6.45, 7) is 6.82. The molecule has 0 aromatic rings. The number of ether oxygens (including phenoxy) is 1. The third-order valence-electron chi connectivity index (χ3n) is 1.53. The molecule has 0 aromatic carbocycles. The van der Waals surface area contributed by atoms with E-state index >= 15 is 0 Å². The van der Waals surface area contributed by atoms with Crippen molar-refractivity contribution in [1.29, 1.82) is 0 Å². The maximum Gasteiger partial charge on any atom is 0.0838 e. The number of allylic oxidation sites excluding steroid dienone is 1. The molecule has 8 heavy (non-hydrogen) atoms. The lowest BCUT2D eigenvalue weighted by atomic mass is 10.1. The lowest BCUT2D eigenvalue weighted by Gasteiger charge is -2.00. The van der Waals surface area contributed by atoms with Gasteiger partial charge in [-0.25, -0.2) is 0 Å². The van der Waals surface area contributed by atoms with Gasteiger partial charge in [0.2, 0.25) is 0 Å². The monoisotopic (exact) mass is 112 g/mol. The van der Waals surface area contributed by atoms with Crippen molar-refractivity contribution in [2.24, 2.45) is 5.92 Å². The van der Waals surface area contributed by atoms with Crippen molar-refractivity contribution in [3.05, 3.63) is 12.7 Å². The van der Waals surface area contributed by atoms with Gasteiger partial charge in [-0.1, -0.05) is 13.0 Å². The zero-order valence-electron chi connectivity index (χ0n) is 5.26. The van der Waals surface area contributed by atoms with Crippen LogP contribution >= 0.6 is 0 Å². The van der Waals surface area contributed by atoms with E-state index in [1.165, 1.54) is 0 Å². The van der Waals surface area contributed by atoms with E-state index in [2.05, 4.69) is 13.5 Å². The molecular weight excluding hydrogens is 100 g/mol. The maximum absolute atomic E-state index is 5.08. The lowest BCUT2D eigenvalue weighted by molar-refractivity contribution is 0.344. The summed E-state index contributed by atoms with van der Waals surface area (Å²) in [7, 11) is 0. The second-order valence-electron chi connectivity index (χ2n) is 2.37. The molecule has 0 spiro atoms. The van der Waals surface area contributed by atoms with Gasteiger partial charge in [0, 0.05) is 0 Å². The second-order valence-corrected chi connectivity index (χ2v) is 2.37. The molecular formula is C7H12O. The van der Waals surface area contributed by atoms with Crippen LogP contribution in [0, 0.1) is 5.92 Å². The number of rotatable bonds is 3. The summed E-state index contributed by atoms with van der Waals surface area (Å²) in [5.74, 6) is 0.687. The SMILES string of the molecule is C=CC[C@@H](C)[C@@H]1CO1. The van der Waals surface area contributed by atoms with E-state index in [1.54, 1.807) is 0 Å². The van der Waals surface area contributed by atoms with Gasteiger partial charge in [-0.3, -0.25) is 0 Å². The molecule has 1 heteroatoms. The quantitative estimate of drug-likeness (QED) is 0.399. The Balaban J connectivity index is 2.12. The molecule has 1 saturated heterocycles. The van der Waals surface area contributed by atoms with Crippen LogP contribution in [0.15, 0.2) is 12.7 Å². The van der Waals surface area contributed by atoms with Crippen LogP contribution in [0.3, 0.4) is 0 Å². The molecule has 0 unspecified atom stereocenters. The van der Waals surface area contributed by atoms with Crippen molar-refractivity contribution in [3.63, 3.8) is 0 Å². The molecule has 0 aliphatic carbocycles. The highest BCUT2D eigenvalue weighted by Gasteiger charge is 2.27. The largest absolute Gasteiger partial charge is 0.373 e. The van der Waals surface area contributed by atoms with E-state index in [4.69, 9.17) is 4.74 Å². The van der Waals surface area contributed by atoms with Gasteiger partial charge in [-0.05, 0) is 12.3 Å². The van der Waals surface area contributed by atoms with Gasteiger partial charge >= 0.3 is 0 Å². The summed E-state index contributed by atoms with van der Waals surface area (Å²) < 4.78 is 5.08. The molecule has 0 bridgehead atoms. The highest BCUT2D eigenvalue weighted by atomic mass is 16.6. The molecule has 0 saturated carbocycles. The molecule has 0 aromatic heterocycles. The van der Waals surface area contributed by atoms with E-state index in [9.17, 15) is 0 Å². The predicted octanol–water partition coefficient (Wildman–Crippen LogP) is 1.60. The van der Waals surface area contributed by atoms with Gasteiger partial charge in [0.05, 0.1) is 12.7 Å². The minimum Gasteiger partial charge on any atom is -0.373 e. The van der Waals surface area contributed by atoms with Crippen LogP contribution in [0.2, 0.25) is 0 Å². The fraction of sp³-hybridized carbons (Fsp3) is 0.714. The van der Waals surface area contributed by atoms with E-state index < -0.39 is 0 Å². The number of hydrogen-bond donors (Lipinski definition) is 0. The first-order valence-corrected chi connectivity index (χ1v) is 3.07. The first-order valence-electron chi connectivity index (χ1n) is 3.07. The van der Waals surface area contributed by atoms with Gasteiger partial charge in [0.15, 0.2) is 0 Å². The molecule has 1 aliphatic rings. The van der Waals surface area contributed by atoms with Crippen molar-refractivity contribution < 1.29 is 4.74 Å². The molecule has 1 heterocycles. The summed E-state index contributed by atoms with van der Waals surface area (Å²) in [6.07, 6.45) is 3.59. The lowest BCUT2D eigenvalue weighted by Crippen LogP contribution is -2.00. The summed E-state index contributed by atoms with van der Waals surface area (Å²) in [6, 6.07) is 0. The van der Waals surface area contributed by atoms with E-state index in [1.807, 2.05) is 6.08 Å². The molecule has 1 fully saturated rings. The fourth-order valence-corrected chi connectivity index (χ4v) is 0.799. The molecule has 0 N–H and O–H groups in total. The van der Waals surface area contributed by atoms with E-state index in [0.717, 1.165) is 13.0 Å². The highest BCUT2D eigenvalue weighted by molar-refractivity contribution is 4.81. The smallest absolute Gasteiger partial charge is 0.0838 e. The Labute approximate surface area is 50.3 Å². The normalized spacial score (nSPS) is 29.4. The van der Waals surface area contributed by atoms with Crippen LogP contribution in [0.25, 0.3) is 0 Å². The minimum absolute atomic E-state index is 0.549. The van der Waals surface area contributed by atoms with Crippen molar-refractivity contribution in [1.82, 2.24) is 0 Å². The van der Waals surface area contributed by atoms with Crippen LogP contribution in [0.1, 0.15) is 13.3 Å². The maximum atomic E-state index is 5.08. The third-order valence-corrected chi connectivity index (χ3v) is 1.53. The van der Waals surface area contributed by atoms with Crippen LogP contribution < -0.4 is 0 Å². The van der Waals surface area contributed by atoms with Crippen LogP contribution in [-0.2, 0) is 4.74 Å². The number of epoxide rings is 1. The number of hydrogen-bond acceptors (Lipinski definition) is 1. The van der Waals surface area contributed by atoms with Crippen molar-refractivity contribution in [3.8, 4) is 0 Å². The average Bonchev–Trinajstić information content (AvgIpc) is 2.45. The van der Waals surface area contributed by atoms with E-state index in [-0.39, 0.29) is 0 Å². The zero-order valence-corrected chi connectivity index (χ0v) is 5.26. The first kappa shape index (κ1) is 5.83. The van der Waals surface area contributed by atoms with Crippen LogP contribution in [-0.4, -0.2) is 12.7 Å².